The Kier molecular flexibility index (Phi) is 4.50. The number of rotatable bonds is 3. The summed E-state index contributed by atoms with van der Waals surface area (Å²) in [5.74, 6) is 0.383. The molecule has 0 saturated heterocycles. The second kappa shape index (κ2) is 5.43. The highest BCUT2D eigenvalue weighted by Crippen LogP contribution is 2.28. The van der Waals surface area contributed by atoms with Crippen LogP contribution in [0.1, 0.15) is 13.8 Å². The number of thioether (sulfide) groups is 1. The second-order valence-corrected chi connectivity index (χ2v) is 5.50. The first-order chi connectivity index (χ1) is 6.63. The van der Waals surface area contributed by atoms with Crippen molar-refractivity contribution >= 4 is 27.7 Å². The largest absolute Gasteiger partial charge is 0.197 e. The fraction of sp³-hybridized carbons (Fsp3) is 0.364. The zero-order chi connectivity index (χ0) is 10.6. The summed E-state index contributed by atoms with van der Waals surface area (Å²) < 4.78 is 1.07. The molecular weight excluding hydrogens is 258 g/mol. The van der Waals surface area contributed by atoms with Gasteiger partial charge in [-0.25, -0.2) is 0 Å². The molecule has 1 aromatic rings. The van der Waals surface area contributed by atoms with Gasteiger partial charge < -0.3 is 0 Å². The predicted octanol–water partition coefficient (Wildman–Crippen LogP) is 4.09. The van der Waals surface area contributed by atoms with Crippen LogP contribution in [0.25, 0.3) is 0 Å². The number of hydrogen-bond donors (Lipinski definition) is 0. The van der Waals surface area contributed by atoms with Crippen molar-refractivity contribution in [1.82, 2.24) is 0 Å². The minimum atomic E-state index is 0.0381. The SMILES string of the molecule is CC(C)C(C#N)Sc1ccc(Br)cc1. The molecule has 0 aliphatic rings. The van der Waals surface area contributed by atoms with Crippen LogP contribution < -0.4 is 0 Å². The van der Waals surface area contributed by atoms with Crippen molar-refractivity contribution in [2.24, 2.45) is 5.92 Å². The molecular formula is C11H12BrNS. The Morgan fingerprint density at radius 1 is 1.29 bits per heavy atom. The maximum Gasteiger partial charge on any atom is 0.0986 e. The van der Waals surface area contributed by atoms with Crippen LogP contribution in [0.2, 0.25) is 0 Å². The molecule has 1 unspecified atom stereocenters. The summed E-state index contributed by atoms with van der Waals surface area (Å²) in [7, 11) is 0. The summed E-state index contributed by atoms with van der Waals surface area (Å²) in [4.78, 5) is 1.15. The van der Waals surface area contributed by atoms with Crippen LogP contribution in [0.4, 0.5) is 0 Å². The standard InChI is InChI=1S/C11H12BrNS/c1-8(2)11(7-13)14-10-5-3-9(12)4-6-10/h3-6,8,11H,1-2H3. The van der Waals surface area contributed by atoms with Crippen LogP contribution in [-0.2, 0) is 0 Å². The van der Waals surface area contributed by atoms with E-state index in [1.54, 1.807) is 11.8 Å². The van der Waals surface area contributed by atoms with Gasteiger partial charge in [0.1, 0.15) is 0 Å². The molecule has 0 heterocycles. The van der Waals surface area contributed by atoms with Crippen LogP contribution in [0.5, 0.6) is 0 Å². The van der Waals surface area contributed by atoms with E-state index in [4.69, 9.17) is 5.26 Å². The summed E-state index contributed by atoms with van der Waals surface area (Å²) in [5.41, 5.74) is 0. The molecule has 0 aliphatic carbocycles. The van der Waals surface area contributed by atoms with Gasteiger partial charge >= 0.3 is 0 Å². The molecule has 14 heavy (non-hydrogen) atoms. The molecule has 0 saturated carbocycles. The van der Waals surface area contributed by atoms with Crippen molar-refractivity contribution in [1.29, 1.82) is 5.26 Å². The number of halogens is 1. The molecule has 1 rings (SSSR count). The quantitative estimate of drug-likeness (QED) is 0.772. The Labute approximate surface area is 97.6 Å². The van der Waals surface area contributed by atoms with Gasteiger partial charge in [-0.15, -0.1) is 11.8 Å². The third-order valence-corrected chi connectivity index (χ3v) is 3.79. The highest BCUT2D eigenvalue weighted by atomic mass is 79.9. The van der Waals surface area contributed by atoms with E-state index in [2.05, 4.69) is 35.8 Å². The normalized spacial score (nSPS) is 12.5. The number of hydrogen-bond acceptors (Lipinski definition) is 2. The monoisotopic (exact) mass is 269 g/mol. The van der Waals surface area contributed by atoms with Crippen LogP contribution in [-0.4, -0.2) is 5.25 Å². The minimum Gasteiger partial charge on any atom is -0.197 e. The zero-order valence-corrected chi connectivity index (χ0v) is 10.6. The first-order valence-corrected chi connectivity index (χ1v) is 6.12. The summed E-state index contributed by atoms with van der Waals surface area (Å²) in [5, 5.41) is 8.97. The minimum absolute atomic E-state index is 0.0381. The third kappa shape index (κ3) is 3.36. The van der Waals surface area contributed by atoms with Crippen LogP contribution in [0.15, 0.2) is 33.6 Å². The summed E-state index contributed by atoms with van der Waals surface area (Å²) in [6.07, 6.45) is 0. The zero-order valence-electron chi connectivity index (χ0n) is 8.20. The van der Waals surface area contributed by atoms with E-state index < -0.39 is 0 Å². The number of nitriles is 1. The van der Waals surface area contributed by atoms with E-state index >= 15 is 0 Å². The van der Waals surface area contributed by atoms with E-state index in [-0.39, 0.29) is 5.25 Å². The molecule has 0 spiro atoms. The smallest absolute Gasteiger partial charge is 0.0986 e. The molecule has 0 N–H and O–H groups in total. The van der Waals surface area contributed by atoms with E-state index in [1.165, 1.54) is 0 Å². The van der Waals surface area contributed by atoms with Crippen LogP contribution in [0, 0.1) is 17.2 Å². The Balaban J connectivity index is 2.69. The van der Waals surface area contributed by atoms with Crippen molar-refractivity contribution in [3.05, 3.63) is 28.7 Å². The maximum absolute atomic E-state index is 8.93. The lowest BCUT2D eigenvalue weighted by atomic mass is 10.1. The molecule has 0 bridgehead atoms. The molecule has 0 aromatic heterocycles. The van der Waals surface area contributed by atoms with Gasteiger partial charge in [-0.1, -0.05) is 29.8 Å². The maximum atomic E-state index is 8.93. The molecule has 0 amide bonds. The van der Waals surface area contributed by atoms with Crippen LogP contribution in [0.3, 0.4) is 0 Å². The lowest BCUT2D eigenvalue weighted by Gasteiger charge is -2.11. The topological polar surface area (TPSA) is 23.8 Å². The first-order valence-electron chi connectivity index (χ1n) is 4.45. The van der Waals surface area contributed by atoms with Gasteiger partial charge in [-0.3, -0.25) is 0 Å². The summed E-state index contributed by atoms with van der Waals surface area (Å²) >= 11 is 5.01. The molecule has 0 radical (unpaired) electrons. The van der Waals surface area contributed by atoms with Gasteiger partial charge in [0.15, 0.2) is 0 Å². The fourth-order valence-electron chi connectivity index (χ4n) is 0.971. The average Bonchev–Trinajstić information content (AvgIpc) is 2.16. The number of nitrogens with zero attached hydrogens (tertiary/aromatic N) is 1. The number of benzene rings is 1. The van der Waals surface area contributed by atoms with Crippen molar-refractivity contribution < 1.29 is 0 Å². The van der Waals surface area contributed by atoms with E-state index in [9.17, 15) is 0 Å². The third-order valence-electron chi connectivity index (χ3n) is 1.81. The highest BCUT2D eigenvalue weighted by Gasteiger charge is 2.13. The lowest BCUT2D eigenvalue weighted by molar-refractivity contribution is 0.685. The summed E-state index contributed by atoms with van der Waals surface area (Å²) in [6.45, 7) is 4.14. The molecule has 1 aromatic carbocycles. The molecule has 1 atom stereocenters. The van der Waals surface area contributed by atoms with E-state index in [0.717, 1.165) is 9.37 Å². The molecule has 1 nitrogen and oxygen atoms in total. The van der Waals surface area contributed by atoms with Crippen molar-refractivity contribution in [3.63, 3.8) is 0 Å². The van der Waals surface area contributed by atoms with Gasteiger partial charge in [-0.2, -0.15) is 5.26 Å². The molecule has 74 valence electrons. The Bertz CT molecular complexity index is 326. The van der Waals surface area contributed by atoms with Gasteiger partial charge in [0.2, 0.25) is 0 Å². The Morgan fingerprint density at radius 2 is 1.86 bits per heavy atom. The Hall–Kier alpha value is -0.460. The van der Waals surface area contributed by atoms with Crippen LogP contribution >= 0.6 is 27.7 Å². The fourth-order valence-corrected chi connectivity index (χ4v) is 2.15. The van der Waals surface area contributed by atoms with Gasteiger partial charge in [-0.05, 0) is 30.2 Å². The van der Waals surface area contributed by atoms with Gasteiger partial charge in [0, 0.05) is 9.37 Å². The van der Waals surface area contributed by atoms with E-state index in [1.807, 2.05) is 24.3 Å². The van der Waals surface area contributed by atoms with Gasteiger partial charge in [0.05, 0.1) is 11.3 Å². The van der Waals surface area contributed by atoms with Gasteiger partial charge in [0.25, 0.3) is 0 Å². The highest BCUT2D eigenvalue weighted by molar-refractivity contribution is 9.10. The van der Waals surface area contributed by atoms with Crippen molar-refractivity contribution in [2.45, 2.75) is 24.0 Å². The molecule has 0 aliphatic heterocycles. The molecule has 0 fully saturated rings. The van der Waals surface area contributed by atoms with Crippen molar-refractivity contribution in [2.75, 3.05) is 0 Å². The van der Waals surface area contributed by atoms with E-state index in [0.29, 0.717) is 5.92 Å². The lowest BCUT2D eigenvalue weighted by Crippen LogP contribution is -2.07. The molecule has 3 heteroatoms. The average molecular weight is 270 g/mol. The summed E-state index contributed by atoms with van der Waals surface area (Å²) in [6, 6.07) is 10.4. The van der Waals surface area contributed by atoms with Crippen molar-refractivity contribution in [3.8, 4) is 6.07 Å². The predicted molar refractivity (Wildman–Crippen MR) is 64.2 cm³/mol. The first kappa shape index (κ1) is 11.6. The Morgan fingerprint density at radius 3 is 2.29 bits per heavy atom. The second-order valence-electron chi connectivity index (χ2n) is 3.37.